The number of hydrogen-bond donors (Lipinski definition) is 3. The van der Waals surface area contributed by atoms with Crippen LogP contribution in [0, 0.1) is 0 Å². The van der Waals surface area contributed by atoms with Gasteiger partial charge in [0.15, 0.2) is 0 Å². The molecule has 0 bridgehead atoms. The van der Waals surface area contributed by atoms with E-state index in [4.69, 9.17) is 0 Å². The Morgan fingerprint density at radius 3 is 2.87 bits per heavy atom. The van der Waals surface area contributed by atoms with Crippen molar-refractivity contribution in [2.75, 3.05) is 33.2 Å². The molecule has 2 amide bonds. The Bertz CT molecular complexity index is 229. The zero-order valence-corrected chi connectivity index (χ0v) is 9.25. The minimum Gasteiger partial charge on any atom is -0.337 e. The largest absolute Gasteiger partial charge is 0.337 e. The molecule has 0 saturated carbocycles. The number of carbonyl (C=O) groups is 1. The molecule has 5 nitrogen and oxygen atoms in total. The first kappa shape index (κ1) is 10.7. The van der Waals surface area contributed by atoms with E-state index >= 15 is 0 Å². The lowest BCUT2D eigenvalue weighted by Crippen LogP contribution is -2.59. The summed E-state index contributed by atoms with van der Waals surface area (Å²) < 4.78 is 0. The van der Waals surface area contributed by atoms with Crippen molar-refractivity contribution in [2.24, 2.45) is 0 Å². The normalized spacial score (nSPS) is 27.4. The van der Waals surface area contributed by atoms with E-state index in [-0.39, 0.29) is 6.03 Å². The molecule has 0 aliphatic carbocycles. The maximum Gasteiger partial charge on any atom is 0.315 e. The first-order valence-corrected chi connectivity index (χ1v) is 5.71. The highest BCUT2D eigenvalue weighted by Gasteiger charge is 2.22. The van der Waals surface area contributed by atoms with Crippen LogP contribution in [0.1, 0.15) is 12.8 Å². The first-order chi connectivity index (χ1) is 7.25. The summed E-state index contributed by atoms with van der Waals surface area (Å²) in [6, 6.07) is 0.823. The summed E-state index contributed by atoms with van der Waals surface area (Å²) in [6.07, 6.45) is 2.44. The van der Waals surface area contributed by atoms with Gasteiger partial charge in [-0.3, -0.25) is 0 Å². The Hall–Kier alpha value is -0.810. The lowest BCUT2D eigenvalue weighted by atomic mass is 10.2. The van der Waals surface area contributed by atoms with Crippen LogP contribution in [-0.4, -0.2) is 56.2 Å². The fourth-order valence-corrected chi connectivity index (χ4v) is 2.07. The van der Waals surface area contributed by atoms with Crippen molar-refractivity contribution in [1.82, 2.24) is 20.9 Å². The van der Waals surface area contributed by atoms with Crippen LogP contribution in [-0.2, 0) is 0 Å². The van der Waals surface area contributed by atoms with Gasteiger partial charge in [0.25, 0.3) is 0 Å². The van der Waals surface area contributed by atoms with Crippen LogP contribution in [0.4, 0.5) is 4.79 Å². The average molecular weight is 212 g/mol. The van der Waals surface area contributed by atoms with Crippen molar-refractivity contribution in [3.05, 3.63) is 0 Å². The third kappa shape index (κ3) is 2.82. The van der Waals surface area contributed by atoms with Crippen molar-refractivity contribution in [2.45, 2.75) is 24.9 Å². The third-order valence-corrected chi connectivity index (χ3v) is 3.29. The van der Waals surface area contributed by atoms with Crippen LogP contribution in [0.15, 0.2) is 0 Å². The number of nitrogens with zero attached hydrogens (tertiary/aromatic N) is 1. The van der Waals surface area contributed by atoms with Gasteiger partial charge in [0.05, 0.1) is 6.04 Å². The van der Waals surface area contributed by atoms with Gasteiger partial charge in [0.1, 0.15) is 0 Å². The van der Waals surface area contributed by atoms with Gasteiger partial charge < -0.3 is 20.9 Å². The second-order valence-corrected chi connectivity index (χ2v) is 4.49. The Kier molecular flexibility index (Phi) is 3.43. The number of rotatable bonds is 3. The van der Waals surface area contributed by atoms with Crippen molar-refractivity contribution in [3.63, 3.8) is 0 Å². The number of amides is 2. The van der Waals surface area contributed by atoms with Crippen molar-refractivity contribution >= 4 is 6.03 Å². The molecule has 5 heteroatoms. The van der Waals surface area contributed by atoms with Crippen molar-refractivity contribution in [1.29, 1.82) is 0 Å². The SMILES string of the molecule is CN1CCCC1CNC(=O)NC1CNC1. The van der Waals surface area contributed by atoms with E-state index < -0.39 is 0 Å². The predicted octanol–water partition coefficient (Wildman–Crippen LogP) is -0.648. The van der Waals surface area contributed by atoms with Crippen LogP contribution in [0.3, 0.4) is 0 Å². The van der Waals surface area contributed by atoms with Gasteiger partial charge in [-0.2, -0.15) is 0 Å². The van der Waals surface area contributed by atoms with E-state index in [1.54, 1.807) is 0 Å². The fraction of sp³-hybridized carbons (Fsp3) is 0.900. The summed E-state index contributed by atoms with van der Waals surface area (Å²) in [5.41, 5.74) is 0. The van der Waals surface area contributed by atoms with E-state index in [0.29, 0.717) is 12.1 Å². The van der Waals surface area contributed by atoms with Gasteiger partial charge >= 0.3 is 6.03 Å². The summed E-state index contributed by atoms with van der Waals surface area (Å²) in [6.45, 7) is 3.72. The number of hydrogen-bond acceptors (Lipinski definition) is 3. The van der Waals surface area contributed by atoms with Gasteiger partial charge in [-0.15, -0.1) is 0 Å². The number of likely N-dealkylation sites (tertiary alicyclic amines) is 1. The Morgan fingerprint density at radius 1 is 1.53 bits per heavy atom. The van der Waals surface area contributed by atoms with Gasteiger partial charge in [-0.1, -0.05) is 0 Å². The summed E-state index contributed by atoms with van der Waals surface area (Å²) in [5.74, 6) is 0. The van der Waals surface area contributed by atoms with Crippen LogP contribution < -0.4 is 16.0 Å². The predicted molar refractivity (Wildman–Crippen MR) is 58.8 cm³/mol. The van der Waals surface area contributed by atoms with Gasteiger partial charge in [-0.05, 0) is 26.4 Å². The summed E-state index contributed by atoms with van der Waals surface area (Å²) in [5, 5.41) is 8.98. The maximum absolute atomic E-state index is 11.4. The highest BCUT2D eigenvalue weighted by atomic mass is 16.2. The van der Waals surface area contributed by atoms with Crippen molar-refractivity contribution in [3.8, 4) is 0 Å². The zero-order chi connectivity index (χ0) is 10.7. The molecule has 2 fully saturated rings. The molecule has 0 spiro atoms. The smallest absolute Gasteiger partial charge is 0.315 e. The molecule has 3 N–H and O–H groups in total. The molecule has 1 unspecified atom stereocenters. The lowest BCUT2D eigenvalue weighted by molar-refractivity contribution is 0.225. The van der Waals surface area contributed by atoms with Crippen LogP contribution in [0.2, 0.25) is 0 Å². The molecule has 0 radical (unpaired) electrons. The molecule has 2 saturated heterocycles. The van der Waals surface area contributed by atoms with E-state index in [1.807, 2.05) is 0 Å². The molecule has 2 heterocycles. The molecular weight excluding hydrogens is 192 g/mol. The number of urea groups is 1. The monoisotopic (exact) mass is 212 g/mol. The van der Waals surface area contributed by atoms with Crippen LogP contribution >= 0.6 is 0 Å². The quantitative estimate of drug-likeness (QED) is 0.583. The van der Waals surface area contributed by atoms with Crippen LogP contribution in [0.5, 0.6) is 0 Å². The van der Waals surface area contributed by atoms with Crippen LogP contribution in [0.25, 0.3) is 0 Å². The molecule has 0 aromatic heterocycles. The zero-order valence-electron chi connectivity index (χ0n) is 9.25. The second-order valence-electron chi connectivity index (χ2n) is 4.49. The standard InChI is InChI=1S/C10H20N4O/c1-14-4-2-3-9(14)7-12-10(15)13-8-5-11-6-8/h8-9,11H,2-7H2,1H3,(H2,12,13,15). The first-order valence-electron chi connectivity index (χ1n) is 5.71. The van der Waals surface area contributed by atoms with Crippen molar-refractivity contribution < 1.29 is 4.79 Å². The molecule has 1 atom stereocenters. The molecule has 0 aromatic carbocycles. The molecular formula is C10H20N4O. The number of likely N-dealkylation sites (N-methyl/N-ethyl adjacent to an activating group) is 1. The van der Waals surface area contributed by atoms with E-state index in [0.717, 1.165) is 26.2 Å². The van der Waals surface area contributed by atoms with E-state index in [9.17, 15) is 4.79 Å². The molecule has 2 rings (SSSR count). The molecule has 15 heavy (non-hydrogen) atoms. The molecule has 0 aromatic rings. The topological polar surface area (TPSA) is 56.4 Å². The Labute approximate surface area is 90.6 Å². The molecule has 2 aliphatic rings. The minimum absolute atomic E-state index is 0.0261. The Morgan fingerprint density at radius 2 is 2.33 bits per heavy atom. The minimum atomic E-state index is -0.0261. The lowest BCUT2D eigenvalue weighted by Gasteiger charge is -2.28. The Balaban J connectivity index is 1.61. The highest BCUT2D eigenvalue weighted by Crippen LogP contribution is 2.13. The number of carbonyl (C=O) groups excluding carboxylic acids is 1. The van der Waals surface area contributed by atoms with Gasteiger partial charge in [0.2, 0.25) is 0 Å². The van der Waals surface area contributed by atoms with E-state index in [1.165, 1.54) is 12.8 Å². The average Bonchev–Trinajstić information content (AvgIpc) is 2.55. The summed E-state index contributed by atoms with van der Waals surface area (Å²) in [4.78, 5) is 13.8. The van der Waals surface area contributed by atoms with Gasteiger partial charge in [-0.25, -0.2) is 4.79 Å². The van der Waals surface area contributed by atoms with E-state index in [2.05, 4.69) is 27.9 Å². The highest BCUT2D eigenvalue weighted by molar-refractivity contribution is 5.74. The summed E-state index contributed by atoms with van der Waals surface area (Å²) in [7, 11) is 2.12. The summed E-state index contributed by atoms with van der Waals surface area (Å²) >= 11 is 0. The second kappa shape index (κ2) is 4.81. The third-order valence-electron chi connectivity index (χ3n) is 3.29. The number of nitrogens with one attached hydrogen (secondary N) is 3. The molecule has 2 aliphatic heterocycles. The molecule has 86 valence electrons. The fourth-order valence-electron chi connectivity index (χ4n) is 2.07. The van der Waals surface area contributed by atoms with Gasteiger partial charge in [0, 0.05) is 25.7 Å². The maximum atomic E-state index is 11.4.